The number of nitrogens with one attached hydrogen (secondary N) is 2. The summed E-state index contributed by atoms with van der Waals surface area (Å²) in [5.74, 6) is 1.31. The largest absolute Gasteiger partial charge is 0.385 e. The second-order valence-corrected chi connectivity index (χ2v) is 12.3. The van der Waals surface area contributed by atoms with Crippen LogP contribution in [-0.4, -0.2) is 95.9 Å². The molecule has 2 N–H and O–H groups in total. The van der Waals surface area contributed by atoms with E-state index in [1.54, 1.807) is 46.9 Å². The number of aromatic nitrogens is 2. The number of carbonyl (C=O) groups excluding carboxylic acids is 1. The number of amidine groups is 1. The molecule has 1 atom stereocenters. The van der Waals surface area contributed by atoms with Gasteiger partial charge in [0.15, 0.2) is 0 Å². The fourth-order valence-electron chi connectivity index (χ4n) is 6.01. The number of piperidine rings is 1. The van der Waals surface area contributed by atoms with E-state index in [9.17, 15) is 19.0 Å². The molecule has 4 heterocycles. The third-order valence-corrected chi connectivity index (χ3v) is 8.87. The average Bonchev–Trinajstić information content (AvgIpc) is 3.41. The van der Waals surface area contributed by atoms with E-state index in [0.29, 0.717) is 62.0 Å². The standard InChI is InChI=1S/C30H41F2N7O2S/c1-36-9-7-26(35-22-6-10-38(28(40)14-22)19-41-11-12-42-3)25(18-36)30(33)39-8-4-5-20-13-23(21-16-34-37(2)17-21)24(29(31)32)15-27(20)39/h13,15-17,22,29,33,35H,4-12,14,18-19H2,1-3H3. The van der Waals surface area contributed by atoms with Crippen molar-refractivity contribution in [2.75, 3.05) is 63.5 Å². The summed E-state index contributed by atoms with van der Waals surface area (Å²) in [7, 11) is 3.80. The van der Waals surface area contributed by atoms with Crippen LogP contribution in [0.1, 0.15) is 43.2 Å². The van der Waals surface area contributed by atoms with Crippen molar-refractivity contribution in [1.29, 1.82) is 5.41 Å². The predicted molar refractivity (Wildman–Crippen MR) is 163 cm³/mol. The molecular formula is C30H41F2N7O2S. The lowest BCUT2D eigenvalue weighted by Crippen LogP contribution is -2.48. The Balaban J connectivity index is 1.37. The van der Waals surface area contributed by atoms with Gasteiger partial charge in [0.25, 0.3) is 6.43 Å². The van der Waals surface area contributed by atoms with Gasteiger partial charge in [0, 0.05) is 92.1 Å². The molecule has 1 aromatic heterocycles. The molecule has 0 radical (unpaired) electrons. The first kappa shape index (κ1) is 30.5. The minimum absolute atomic E-state index is 0.0118. The monoisotopic (exact) mass is 601 g/mol. The van der Waals surface area contributed by atoms with Crippen molar-refractivity contribution < 1.29 is 18.3 Å². The van der Waals surface area contributed by atoms with Gasteiger partial charge >= 0.3 is 0 Å². The van der Waals surface area contributed by atoms with Crippen LogP contribution >= 0.6 is 11.8 Å². The first-order valence-electron chi connectivity index (χ1n) is 14.6. The zero-order valence-corrected chi connectivity index (χ0v) is 25.5. The van der Waals surface area contributed by atoms with E-state index in [0.717, 1.165) is 54.8 Å². The normalized spacial score (nSPS) is 20.0. The Kier molecular flexibility index (Phi) is 9.85. The Morgan fingerprint density at radius 1 is 1.24 bits per heavy atom. The maximum absolute atomic E-state index is 14.3. The number of benzene rings is 1. The Hall–Kier alpha value is -2.96. The number of thioether (sulfide) groups is 1. The second-order valence-electron chi connectivity index (χ2n) is 11.3. The molecule has 0 bridgehead atoms. The molecule has 9 nitrogen and oxygen atoms in total. The molecule has 0 saturated carbocycles. The number of anilines is 1. The maximum Gasteiger partial charge on any atom is 0.264 e. The van der Waals surface area contributed by atoms with E-state index >= 15 is 0 Å². The van der Waals surface area contributed by atoms with Crippen LogP contribution < -0.4 is 10.2 Å². The van der Waals surface area contributed by atoms with Gasteiger partial charge in [-0.15, -0.1) is 0 Å². The van der Waals surface area contributed by atoms with Gasteiger partial charge < -0.3 is 24.8 Å². The number of likely N-dealkylation sites (tertiary alicyclic amines) is 1. The molecule has 3 aliphatic rings. The van der Waals surface area contributed by atoms with E-state index in [1.165, 1.54) is 0 Å². The molecule has 12 heteroatoms. The van der Waals surface area contributed by atoms with Crippen molar-refractivity contribution >= 4 is 29.2 Å². The molecule has 1 aromatic carbocycles. The number of ether oxygens (including phenoxy) is 1. The highest BCUT2D eigenvalue weighted by Crippen LogP contribution is 2.39. The summed E-state index contributed by atoms with van der Waals surface area (Å²) in [5, 5.41) is 17.1. The number of alkyl halides is 2. The van der Waals surface area contributed by atoms with Crippen molar-refractivity contribution in [1.82, 2.24) is 24.9 Å². The molecule has 5 rings (SSSR count). The quantitative estimate of drug-likeness (QED) is 0.239. The number of hydrogen-bond acceptors (Lipinski definition) is 7. The van der Waals surface area contributed by atoms with Gasteiger partial charge in [-0.3, -0.25) is 14.9 Å². The molecule has 228 valence electrons. The third-order valence-electron chi connectivity index (χ3n) is 8.29. The minimum Gasteiger partial charge on any atom is -0.385 e. The number of nitrogens with zero attached hydrogens (tertiary/aromatic N) is 5. The summed E-state index contributed by atoms with van der Waals surface area (Å²) in [6, 6.07) is 3.42. The van der Waals surface area contributed by atoms with Gasteiger partial charge in [-0.1, -0.05) is 0 Å². The second kappa shape index (κ2) is 13.6. The molecule has 42 heavy (non-hydrogen) atoms. The number of amides is 1. The van der Waals surface area contributed by atoms with E-state index in [4.69, 9.17) is 4.74 Å². The summed E-state index contributed by atoms with van der Waals surface area (Å²) < 4.78 is 35.9. The molecular weight excluding hydrogens is 560 g/mol. The van der Waals surface area contributed by atoms with Gasteiger partial charge in [-0.25, -0.2) is 8.78 Å². The van der Waals surface area contributed by atoms with E-state index in [1.807, 2.05) is 24.3 Å². The summed E-state index contributed by atoms with van der Waals surface area (Å²) >= 11 is 1.72. The number of likely N-dealkylation sites (N-methyl/N-ethyl adjacent to an activating group) is 1. The highest BCUT2D eigenvalue weighted by atomic mass is 32.2. The van der Waals surface area contributed by atoms with Crippen LogP contribution in [0.5, 0.6) is 0 Å². The number of rotatable bonds is 10. The summed E-state index contributed by atoms with van der Waals surface area (Å²) in [5.41, 5.74) is 4.60. The lowest BCUT2D eigenvalue weighted by Gasteiger charge is -2.38. The van der Waals surface area contributed by atoms with E-state index in [2.05, 4.69) is 15.3 Å². The zero-order chi connectivity index (χ0) is 29.8. The van der Waals surface area contributed by atoms with Crippen molar-refractivity contribution in [3.8, 4) is 11.1 Å². The summed E-state index contributed by atoms with van der Waals surface area (Å²) in [6.07, 6.45) is 6.27. The Morgan fingerprint density at radius 3 is 2.79 bits per heavy atom. The molecule has 0 aliphatic carbocycles. The smallest absolute Gasteiger partial charge is 0.264 e. The van der Waals surface area contributed by atoms with Crippen LogP contribution in [-0.2, 0) is 23.0 Å². The van der Waals surface area contributed by atoms with Crippen LogP contribution in [0, 0.1) is 5.41 Å². The van der Waals surface area contributed by atoms with Crippen molar-refractivity contribution in [2.24, 2.45) is 7.05 Å². The minimum atomic E-state index is -2.65. The SMILES string of the molecule is CSCCOCN1CCC(NC2=C(C(=N)N3CCCc4cc(-c5cnn(C)c5)c(C(F)F)cc43)CN(C)CC2)CC1=O. The van der Waals surface area contributed by atoms with Gasteiger partial charge in [0.2, 0.25) is 5.91 Å². The van der Waals surface area contributed by atoms with Crippen LogP contribution in [0.15, 0.2) is 35.8 Å². The number of hydrogen-bond donors (Lipinski definition) is 2. The number of carbonyl (C=O) groups is 1. The lowest BCUT2D eigenvalue weighted by atomic mass is 9.92. The number of aryl methyl sites for hydroxylation is 2. The maximum atomic E-state index is 14.3. The van der Waals surface area contributed by atoms with Crippen molar-refractivity contribution in [2.45, 2.75) is 44.6 Å². The average molecular weight is 602 g/mol. The highest BCUT2D eigenvalue weighted by molar-refractivity contribution is 7.98. The first-order chi connectivity index (χ1) is 20.2. The third kappa shape index (κ3) is 6.81. The predicted octanol–water partition coefficient (Wildman–Crippen LogP) is 4.26. The van der Waals surface area contributed by atoms with Crippen molar-refractivity contribution in [3.63, 3.8) is 0 Å². The first-order valence-corrected chi connectivity index (χ1v) is 16.0. The molecule has 1 saturated heterocycles. The molecule has 3 aliphatic heterocycles. The van der Waals surface area contributed by atoms with Crippen LogP contribution in [0.4, 0.5) is 14.5 Å². The fraction of sp³-hybridized carbons (Fsp3) is 0.567. The van der Waals surface area contributed by atoms with Gasteiger partial charge in [0.1, 0.15) is 12.6 Å². The Labute approximate surface area is 250 Å². The summed E-state index contributed by atoms with van der Waals surface area (Å²) in [4.78, 5) is 18.7. The molecule has 2 aromatic rings. The lowest BCUT2D eigenvalue weighted by molar-refractivity contribution is -0.139. The zero-order valence-electron chi connectivity index (χ0n) is 24.7. The van der Waals surface area contributed by atoms with Crippen LogP contribution in [0.25, 0.3) is 11.1 Å². The highest BCUT2D eigenvalue weighted by Gasteiger charge is 2.32. The van der Waals surface area contributed by atoms with E-state index in [-0.39, 0.29) is 17.5 Å². The molecule has 1 unspecified atom stereocenters. The Bertz CT molecular complexity index is 1330. The molecule has 1 fully saturated rings. The van der Waals surface area contributed by atoms with Gasteiger partial charge in [-0.05, 0) is 55.8 Å². The molecule has 1 amide bonds. The Morgan fingerprint density at radius 2 is 2.07 bits per heavy atom. The van der Waals surface area contributed by atoms with Gasteiger partial charge in [-0.2, -0.15) is 16.9 Å². The van der Waals surface area contributed by atoms with Crippen molar-refractivity contribution in [3.05, 3.63) is 46.9 Å². The van der Waals surface area contributed by atoms with Crippen LogP contribution in [0.2, 0.25) is 0 Å². The van der Waals surface area contributed by atoms with E-state index < -0.39 is 6.43 Å². The topological polar surface area (TPSA) is 89.7 Å². The van der Waals surface area contributed by atoms with Gasteiger partial charge in [0.05, 0.1) is 12.8 Å². The molecule has 0 spiro atoms. The number of fused-ring (bicyclic) bond motifs is 1. The summed E-state index contributed by atoms with van der Waals surface area (Å²) in [6.45, 7) is 3.60. The van der Waals surface area contributed by atoms with Crippen LogP contribution in [0.3, 0.4) is 0 Å². The number of halogens is 2. The fourth-order valence-corrected chi connectivity index (χ4v) is 6.30.